The zero-order valence-electron chi connectivity index (χ0n) is 16.6. The lowest BCUT2D eigenvalue weighted by Crippen LogP contribution is -2.50. The van der Waals surface area contributed by atoms with E-state index in [4.69, 9.17) is 9.84 Å². The minimum Gasteiger partial charge on any atom is -0.497 e. The van der Waals surface area contributed by atoms with Crippen molar-refractivity contribution in [2.45, 2.75) is 50.1 Å². The van der Waals surface area contributed by atoms with Gasteiger partial charge in [0.2, 0.25) is 0 Å². The van der Waals surface area contributed by atoms with Gasteiger partial charge in [0.1, 0.15) is 5.75 Å². The molecule has 3 rings (SSSR count). The number of methoxy groups -OCH3 is 1. The highest BCUT2D eigenvalue weighted by Gasteiger charge is 2.32. The second-order valence-corrected chi connectivity index (χ2v) is 7.58. The number of nitrogens with one attached hydrogen (secondary N) is 2. The van der Waals surface area contributed by atoms with Crippen molar-refractivity contribution in [3.63, 3.8) is 0 Å². The van der Waals surface area contributed by atoms with Gasteiger partial charge in [0.05, 0.1) is 7.11 Å². The van der Waals surface area contributed by atoms with Crippen LogP contribution in [0.2, 0.25) is 0 Å². The third kappa shape index (κ3) is 6.24. The topological polar surface area (TPSA) is 87.7 Å². The molecule has 6 heteroatoms. The Labute approximate surface area is 171 Å². The van der Waals surface area contributed by atoms with E-state index in [-0.39, 0.29) is 24.5 Å². The summed E-state index contributed by atoms with van der Waals surface area (Å²) in [5, 5.41) is 15.0. The van der Waals surface area contributed by atoms with Gasteiger partial charge in [-0.1, -0.05) is 42.5 Å². The fraction of sp³-hybridized carbons (Fsp3) is 0.391. The van der Waals surface area contributed by atoms with Gasteiger partial charge >= 0.3 is 12.0 Å². The van der Waals surface area contributed by atoms with Crippen LogP contribution in [-0.4, -0.2) is 36.3 Å². The first kappa shape index (κ1) is 20.7. The fourth-order valence-corrected chi connectivity index (χ4v) is 3.74. The number of carboxylic acid groups (broad SMARTS) is 1. The van der Waals surface area contributed by atoms with Gasteiger partial charge in [0.15, 0.2) is 0 Å². The average molecular weight is 396 g/mol. The van der Waals surface area contributed by atoms with Crippen LogP contribution in [0.3, 0.4) is 0 Å². The summed E-state index contributed by atoms with van der Waals surface area (Å²) < 4.78 is 5.28. The maximum absolute atomic E-state index is 12.4. The summed E-state index contributed by atoms with van der Waals surface area (Å²) >= 11 is 0. The normalized spacial score (nSPS) is 18.9. The van der Waals surface area contributed by atoms with Crippen LogP contribution in [0.15, 0.2) is 54.6 Å². The zero-order valence-corrected chi connectivity index (χ0v) is 16.6. The molecule has 0 aromatic heterocycles. The number of hydrogen-bond acceptors (Lipinski definition) is 3. The molecule has 1 fully saturated rings. The van der Waals surface area contributed by atoms with E-state index < -0.39 is 5.97 Å². The molecular formula is C23H28N2O4. The Bertz CT molecular complexity index is 819. The standard InChI is InChI=1S/C23H28N2O4/c1-29-21-9-5-8-17(15-21)18-13-20(14-18)25-23(28)24-19(10-11-22(26)27)12-16-6-3-2-4-7-16/h2-9,15,18-20H,10-14H2,1H3,(H,26,27)(H2,24,25,28). The summed E-state index contributed by atoms with van der Waals surface area (Å²) in [6, 6.07) is 17.5. The van der Waals surface area contributed by atoms with Crippen molar-refractivity contribution in [1.82, 2.24) is 10.6 Å². The summed E-state index contributed by atoms with van der Waals surface area (Å²) in [6.07, 6.45) is 2.81. The van der Waals surface area contributed by atoms with Crippen LogP contribution in [0.1, 0.15) is 42.7 Å². The molecule has 0 heterocycles. The van der Waals surface area contributed by atoms with E-state index in [1.165, 1.54) is 5.56 Å². The van der Waals surface area contributed by atoms with Crippen LogP contribution in [0.25, 0.3) is 0 Å². The number of ether oxygens (including phenoxy) is 1. The number of benzene rings is 2. The van der Waals surface area contributed by atoms with Crippen LogP contribution in [-0.2, 0) is 11.2 Å². The Kier molecular flexibility index (Phi) is 7.11. The molecule has 0 spiro atoms. The van der Waals surface area contributed by atoms with Gasteiger partial charge < -0.3 is 20.5 Å². The maximum Gasteiger partial charge on any atom is 0.315 e. The van der Waals surface area contributed by atoms with Crippen LogP contribution in [0.5, 0.6) is 5.75 Å². The van der Waals surface area contributed by atoms with Crippen LogP contribution in [0, 0.1) is 0 Å². The van der Waals surface area contributed by atoms with Crippen LogP contribution in [0.4, 0.5) is 4.79 Å². The van der Waals surface area contributed by atoms with Gasteiger partial charge in [-0.25, -0.2) is 4.79 Å². The lowest BCUT2D eigenvalue weighted by atomic mass is 9.76. The Morgan fingerprint density at radius 1 is 1.14 bits per heavy atom. The predicted octanol–water partition coefficient (Wildman–Crippen LogP) is 3.72. The molecule has 6 nitrogen and oxygen atoms in total. The molecule has 154 valence electrons. The first-order valence-electron chi connectivity index (χ1n) is 10.00. The average Bonchev–Trinajstić information content (AvgIpc) is 2.69. The molecule has 0 radical (unpaired) electrons. The molecule has 1 saturated carbocycles. The molecule has 0 saturated heterocycles. The number of urea groups is 1. The van der Waals surface area contributed by atoms with Crippen molar-refractivity contribution < 1.29 is 19.4 Å². The highest BCUT2D eigenvalue weighted by atomic mass is 16.5. The van der Waals surface area contributed by atoms with E-state index in [1.54, 1.807) is 7.11 Å². The van der Waals surface area contributed by atoms with Crippen molar-refractivity contribution in [1.29, 1.82) is 0 Å². The molecule has 1 aliphatic carbocycles. The molecule has 1 unspecified atom stereocenters. The minimum atomic E-state index is -0.856. The lowest BCUT2D eigenvalue weighted by Gasteiger charge is -2.36. The first-order valence-corrected chi connectivity index (χ1v) is 10.00. The van der Waals surface area contributed by atoms with Gasteiger partial charge in [-0.05, 0) is 54.9 Å². The smallest absolute Gasteiger partial charge is 0.315 e. The first-order chi connectivity index (χ1) is 14.0. The van der Waals surface area contributed by atoms with Gasteiger partial charge in [-0.3, -0.25) is 4.79 Å². The largest absolute Gasteiger partial charge is 0.497 e. The third-order valence-electron chi connectivity index (χ3n) is 5.41. The molecule has 3 N–H and O–H groups in total. The van der Waals surface area contributed by atoms with E-state index in [0.29, 0.717) is 18.8 Å². The lowest BCUT2D eigenvalue weighted by molar-refractivity contribution is -0.137. The van der Waals surface area contributed by atoms with Crippen molar-refractivity contribution in [3.05, 3.63) is 65.7 Å². The Hall–Kier alpha value is -3.02. The zero-order chi connectivity index (χ0) is 20.6. The highest BCUT2D eigenvalue weighted by molar-refractivity contribution is 5.75. The van der Waals surface area contributed by atoms with Crippen molar-refractivity contribution in [2.75, 3.05) is 7.11 Å². The molecule has 29 heavy (non-hydrogen) atoms. The van der Waals surface area contributed by atoms with Crippen LogP contribution < -0.4 is 15.4 Å². The number of aliphatic carboxylic acids is 1. The van der Waals surface area contributed by atoms with Crippen molar-refractivity contribution in [2.24, 2.45) is 0 Å². The van der Waals surface area contributed by atoms with Crippen molar-refractivity contribution >= 4 is 12.0 Å². The molecule has 2 aromatic rings. The molecule has 0 aliphatic heterocycles. The fourth-order valence-electron chi connectivity index (χ4n) is 3.74. The summed E-state index contributed by atoms with van der Waals surface area (Å²) in [7, 11) is 1.66. The summed E-state index contributed by atoms with van der Waals surface area (Å²) in [5.41, 5.74) is 2.30. The van der Waals surface area contributed by atoms with Crippen molar-refractivity contribution in [3.8, 4) is 5.75 Å². The Morgan fingerprint density at radius 3 is 2.59 bits per heavy atom. The number of hydrogen-bond donors (Lipinski definition) is 3. The molecule has 1 aliphatic rings. The monoisotopic (exact) mass is 396 g/mol. The summed E-state index contributed by atoms with van der Waals surface area (Å²) in [5.74, 6) is 0.409. The third-order valence-corrected chi connectivity index (χ3v) is 5.41. The van der Waals surface area contributed by atoms with E-state index >= 15 is 0 Å². The number of carbonyl (C=O) groups is 2. The number of carboxylic acids is 1. The Balaban J connectivity index is 1.49. The maximum atomic E-state index is 12.4. The SMILES string of the molecule is COc1cccc(C2CC(NC(=O)NC(CCC(=O)O)Cc3ccccc3)C2)c1. The van der Waals surface area contributed by atoms with Gasteiger partial charge in [-0.15, -0.1) is 0 Å². The molecular weight excluding hydrogens is 368 g/mol. The molecule has 2 amide bonds. The summed E-state index contributed by atoms with van der Waals surface area (Å²) in [4.78, 5) is 23.4. The quantitative estimate of drug-likeness (QED) is 0.603. The van der Waals surface area contributed by atoms with E-state index in [9.17, 15) is 9.59 Å². The number of carbonyl (C=O) groups excluding carboxylic acids is 1. The second-order valence-electron chi connectivity index (χ2n) is 7.58. The number of rotatable bonds is 9. The highest BCUT2D eigenvalue weighted by Crippen LogP contribution is 2.37. The van der Waals surface area contributed by atoms with E-state index in [1.807, 2.05) is 48.5 Å². The molecule has 1 atom stereocenters. The van der Waals surface area contributed by atoms with Crippen LogP contribution >= 0.6 is 0 Å². The predicted molar refractivity (Wildman–Crippen MR) is 111 cm³/mol. The van der Waals surface area contributed by atoms with E-state index in [2.05, 4.69) is 16.7 Å². The molecule has 0 bridgehead atoms. The molecule has 2 aromatic carbocycles. The van der Waals surface area contributed by atoms with Gasteiger partial charge in [0.25, 0.3) is 0 Å². The van der Waals surface area contributed by atoms with E-state index in [0.717, 1.165) is 24.2 Å². The summed E-state index contributed by atoms with van der Waals surface area (Å²) in [6.45, 7) is 0. The second kappa shape index (κ2) is 9.96. The Morgan fingerprint density at radius 2 is 1.90 bits per heavy atom. The van der Waals surface area contributed by atoms with Gasteiger partial charge in [-0.2, -0.15) is 0 Å². The van der Waals surface area contributed by atoms with Gasteiger partial charge in [0, 0.05) is 18.5 Å². The minimum absolute atomic E-state index is 0.0269. The number of amides is 2.